The van der Waals surface area contributed by atoms with E-state index in [1.165, 1.54) is 24.3 Å². The average Bonchev–Trinajstić information content (AvgIpc) is 2.69. The molecular weight excluding hydrogens is 445 g/mol. The lowest BCUT2D eigenvalue weighted by Gasteiger charge is -2.29. The van der Waals surface area contributed by atoms with Crippen molar-refractivity contribution in [3.05, 3.63) is 70.7 Å². The molecule has 0 saturated heterocycles. The number of esters is 2. The first-order chi connectivity index (χ1) is 14.9. The van der Waals surface area contributed by atoms with Gasteiger partial charge in [0.05, 0.1) is 11.8 Å². The summed E-state index contributed by atoms with van der Waals surface area (Å²) < 4.78 is 49.9. The fourth-order valence-corrected chi connectivity index (χ4v) is 3.27. The first kappa shape index (κ1) is 25.7. The molecule has 8 heteroatoms. The second kappa shape index (κ2) is 10.9. The number of benzene rings is 2. The van der Waals surface area contributed by atoms with Crippen LogP contribution in [0.4, 0.5) is 13.2 Å². The molecule has 2 aromatic rings. The molecule has 4 nitrogen and oxygen atoms in total. The monoisotopic (exact) mass is 470 g/mol. The topological polar surface area (TPSA) is 52.6 Å². The molecule has 0 aliphatic rings. The Bertz CT molecular complexity index is 890. The van der Waals surface area contributed by atoms with Gasteiger partial charge >= 0.3 is 18.1 Å². The second-order valence-electron chi connectivity index (χ2n) is 8.42. The second-order valence-corrected chi connectivity index (χ2v) is 8.85. The van der Waals surface area contributed by atoms with E-state index in [1.54, 1.807) is 51.1 Å². The van der Waals surface area contributed by atoms with E-state index < -0.39 is 48.4 Å². The Morgan fingerprint density at radius 3 is 2.06 bits per heavy atom. The maximum atomic E-state index is 13.0. The molecule has 0 aliphatic heterocycles. The van der Waals surface area contributed by atoms with E-state index in [2.05, 4.69) is 0 Å². The highest BCUT2D eigenvalue weighted by Crippen LogP contribution is 2.36. The van der Waals surface area contributed by atoms with E-state index in [0.29, 0.717) is 16.1 Å². The zero-order valence-corrected chi connectivity index (χ0v) is 18.9. The first-order valence-electron chi connectivity index (χ1n) is 10.1. The number of hydrogen-bond acceptors (Lipinski definition) is 4. The van der Waals surface area contributed by atoms with Crippen LogP contribution in [-0.4, -0.2) is 23.7 Å². The van der Waals surface area contributed by atoms with Crippen molar-refractivity contribution in [3.63, 3.8) is 0 Å². The van der Waals surface area contributed by atoms with E-state index in [9.17, 15) is 22.8 Å². The third-order valence-electron chi connectivity index (χ3n) is 4.56. The molecule has 2 unspecified atom stereocenters. The third-order valence-corrected chi connectivity index (χ3v) is 4.81. The van der Waals surface area contributed by atoms with Gasteiger partial charge in [0.25, 0.3) is 0 Å². The summed E-state index contributed by atoms with van der Waals surface area (Å²) in [6, 6.07) is 14.8. The number of carbonyl (C=O) groups excluding carboxylic acids is 2. The van der Waals surface area contributed by atoms with Gasteiger partial charge in [0.15, 0.2) is 0 Å². The molecule has 0 bridgehead atoms. The molecule has 0 heterocycles. The minimum Gasteiger partial charge on any atom is -0.461 e. The lowest BCUT2D eigenvalue weighted by Crippen LogP contribution is -2.35. The van der Waals surface area contributed by atoms with Gasteiger partial charge in [-0.3, -0.25) is 9.59 Å². The molecule has 0 aliphatic carbocycles. The fourth-order valence-electron chi connectivity index (χ4n) is 3.14. The Morgan fingerprint density at radius 1 is 0.938 bits per heavy atom. The molecule has 0 amide bonds. The highest BCUT2D eigenvalue weighted by atomic mass is 35.5. The predicted octanol–water partition coefficient (Wildman–Crippen LogP) is 6.47. The van der Waals surface area contributed by atoms with Crippen LogP contribution in [0, 0.1) is 5.92 Å². The zero-order chi connectivity index (χ0) is 23.9. The van der Waals surface area contributed by atoms with Gasteiger partial charge in [-0.15, -0.1) is 0 Å². The Labute approximate surface area is 190 Å². The molecule has 0 aromatic heterocycles. The van der Waals surface area contributed by atoms with Crippen LogP contribution >= 0.6 is 11.6 Å². The van der Waals surface area contributed by atoms with Crippen LogP contribution in [0.1, 0.15) is 50.7 Å². The first-order valence-corrected chi connectivity index (χ1v) is 10.5. The van der Waals surface area contributed by atoms with Crippen molar-refractivity contribution in [2.24, 2.45) is 5.92 Å². The van der Waals surface area contributed by atoms with Crippen molar-refractivity contribution in [2.75, 3.05) is 0 Å². The summed E-state index contributed by atoms with van der Waals surface area (Å²) in [6.45, 7) is 4.80. The van der Waals surface area contributed by atoms with Crippen molar-refractivity contribution < 1.29 is 32.2 Å². The average molecular weight is 471 g/mol. The number of ether oxygens (including phenoxy) is 2. The van der Waals surface area contributed by atoms with Gasteiger partial charge < -0.3 is 9.47 Å². The Hall–Kier alpha value is -2.54. The maximum absolute atomic E-state index is 13.0. The largest absolute Gasteiger partial charge is 0.461 e. The summed E-state index contributed by atoms with van der Waals surface area (Å²) in [4.78, 5) is 26.0. The summed E-state index contributed by atoms with van der Waals surface area (Å²) in [5.41, 5.74) is 0.104. The quantitative estimate of drug-likeness (QED) is 0.415. The molecule has 32 heavy (non-hydrogen) atoms. The normalized spacial score (nSPS) is 13.8. The van der Waals surface area contributed by atoms with Crippen LogP contribution in [-0.2, 0) is 25.7 Å². The van der Waals surface area contributed by atoms with Gasteiger partial charge in [-0.05, 0) is 50.5 Å². The lowest BCUT2D eigenvalue weighted by molar-refractivity contribution is -0.168. The van der Waals surface area contributed by atoms with Gasteiger partial charge in [-0.1, -0.05) is 54.1 Å². The van der Waals surface area contributed by atoms with E-state index >= 15 is 0 Å². The van der Waals surface area contributed by atoms with Crippen LogP contribution in [0.15, 0.2) is 54.6 Å². The van der Waals surface area contributed by atoms with E-state index in [-0.39, 0.29) is 6.61 Å². The zero-order valence-electron chi connectivity index (χ0n) is 18.1. The summed E-state index contributed by atoms with van der Waals surface area (Å²) in [5.74, 6) is -4.37. The summed E-state index contributed by atoms with van der Waals surface area (Å²) in [7, 11) is 0. The van der Waals surface area contributed by atoms with Gasteiger partial charge in [-0.2, -0.15) is 13.2 Å². The van der Waals surface area contributed by atoms with Gasteiger partial charge in [0, 0.05) is 11.4 Å². The smallest absolute Gasteiger partial charge is 0.389 e. The number of hydrogen-bond donors (Lipinski definition) is 0. The number of carbonyl (C=O) groups is 2. The molecule has 0 fully saturated rings. The van der Waals surface area contributed by atoms with Crippen LogP contribution in [0.25, 0.3) is 0 Å². The third kappa shape index (κ3) is 8.54. The van der Waals surface area contributed by atoms with Crippen LogP contribution in [0.5, 0.6) is 0 Å². The minimum absolute atomic E-state index is 0.121. The molecule has 0 spiro atoms. The van der Waals surface area contributed by atoms with Crippen LogP contribution in [0.2, 0.25) is 5.02 Å². The highest BCUT2D eigenvalue weighted by molar-refractivity contribution is 6.30. The molecule has 2 aromatic carbocycles. The van der Waals surface area contributed by atoms with E-state index in [4.69, 9.17) is 21.1 Å². The van der Waals surface area contributed by atoms with Crippen molar-refractivity contribution >= 4 is 23.5 Å². The summed E-state index contributed by atoms with van der Waals surface area (Å²) >= 11 is 5.93. The van der Waals surface area contributed by atoms with Gasteiger partial charge in [-0.25, -0.2) is 0 Å². The van der Waals surface area contributed by atoms with E-state index in [0.717, 1.165) is 0 Å². The summed E-state index contributed by atoms with van der Waals surface area (Å²) in [6.07, 6.45) is -6.37. The van der Waals surface area contributed by atoms with Crippen molar-refractivity contribution in [2.45, 2.75) is 57.9 Å². The number of halogens is 4. The van der Waals surface area contributed by atoms with Crippen LogP contribution in [0.3, 0.4) is 0 Å². The molecular formula is C24H26ClF3O4. The van der Waals surface area contributed by atoms with Crippen molar-refractivity contribution in [1.82, 2.24) is 0 Å². The Balaban J connectivity index is 2.38. The molecule has 2 atom stereocenters. The van der Waals surface area contributed by atoms with Gasteiger partial charge in [0.1, 0.15) is 12.2 Å². The molecule has 0 radical (unpaired) electrons. The summed E-state index contributed by atoms with van der Waals surface area (Å²) in [5, 5.41) is 0.384. The molecule has 0 N–H and O–H groups in total. The molecule has 2 rings (SSSR count). The minimum atomic E-state index is -4.50. The molecule has 174 valence electrons. The predicted molar refractivity (Wildman–Crippen MR) is 115 cm³/mol. The Kier molecular flexibility index (Phi) is 8.73. The number of alkyl halides is 3. The van der Waals surface area contributed by atoms with Crippen molar-refractivity contribution in [3.8, 4) is 0 Å². The lowest BCUT2D eigenvalue weighted by atomic mass is 9.82. The maximum Gasteiger partial charge on any atom is 0.389 e. The van der Waals surface area contributed by atoms with Gasteiger partial charge in [0.2, 0.25) is 0 Å². The highest BCUT2D eigenvalue weighted by Gasteiger charge is 2.41. The van der Waals surface area contributed by atoms with Crippen LogP contribution < -0.4 is 0 Å². The SMILES string of the molecule is CC(C)(C)OC(=O)C(c1ccc(Cl)cc1)C(CCC(F)(F)F)C(=O)OCc1ccccc1. The standard InChI is InChI=1S/C24H26ClF3O4/c1-23(2,3)32-22(30)20(17-9-11-18(25)12-10-17)19(13-14-24(26,27)28)21(29)31-15-16-7-5-4-6-8-16/h4-12,19-20H,13-15H2,1-3H3. The Morgan fingerprint density at radius 2 is 1.53 bits per heavy atom. The van der Waals surface area contributed by atoms with Crippen molar-refractivity contribution in [1.29, 1.82) is 0 Å². The fraction of sp³-hybridized carbons (Fsp3) is 0.417. The van der Waals surface area contributed by atoms with E-state index in [1.807, 2.05) is 0 Å². The molecule has 0 saturated carbocycles. The number of rotatable bonds is 8.